The van der Waals surface area contributed by atoms with Crippen molar-refractivity contribution in [1.82, 2.24) is 20.1 Å². The number of benzene rings is 2. The summed E-state index contributed by atoms with van der Waals surface area (Å²) in [5.74, 6) is 2.61. The lowest BCUT2D eigenvalue weighted by Crippen LogP contribution is -2.23. The van der Waals surface area contributed by atoms with Gasteiger partial charge in [0.15, 0.2) is 5.16 Å². The maximum absolute atomic E-state index is 12.4. The lowest BCUT2D eigenvalue weighted by molar-refractivity contribution is -0.121. The summed E-state index contributed by atoms with van der Waals surface area (Å²) in [6, 6.07) is 16.2. The monoisotopic (exact) mass is 464 g/mol. The molecule has 7 heteroatoms. The molecular formula is C26H32N4O2S. The first-order valence-corrected chi connectivity index (χ1v) is 12.1. The Morgan fingerprint density at radius 2 is 2.06 bits per heavy atom. The van der Waals surface area contributed by atoms with Crippen molar-refractivity contribution in [2.45, 2.75) is 56.6 Å². The molecule has 0 spiro atoms. The number of nitrogens with zero attached hydrogens (tertiary/aromatic N) is 3. The lowest BCUT2D eigenvalue weighted by atomic mass is 10.0. The van der Waals surface area contributed by atoms with Crippen molar-refractivity contribution >= 4 is 17.7 Å². The van der Waals surface area contributed by atoms with E-state index in [0.29, 0.717) is 25.9 Å². The van der Waals surface area contributed by atoms with Crippen molar-refractivity contribution in [1.29, 1.82) is 0 Å². The van der Waals surface area contributed by atoms with Gasteiger partial charge < -0.3 is 14.6 Å². The van der Waals surface area contributed by atoms with E-state index < -0.39 is 0 Å². The zero-order chi connectivity index (χ0) is 23.6. The molecule has 6 nitrogen and oxygen atoms in total. The van der Waals surface area contributed by atoms with Crippen molar-refractivity contribution in [3.8, 4) is 5.75 Å². The SMILES string of the molecule is C=CCn1c(SCc2cccc(C)c2)nnc1C(C)CCC(=O)NCc1ccccc1OC. The molecule has 1 unspecified atom stereocenters. The summed E-state index contributed by atoms with van der Waals surface area (Å²) in [6.45, 7) is 9.17. The normalized spacial score (nSPS) is 11.7. The van der Waals surface area contributed by atoms with E-state index >= 15 is 0 Å². The van der Waals surface area contributed by atoms with Crippen LogP contribution in [0.2, 0.25) is 0 Å². The number of methoxy groups -OCH3 is 1. The van der Waals surface area contributed by atoms with Crippen molar-refractivity contribution in [3.05, 3.63) is 83.7 Å². The molecule has 1 amide bonds. The summed E-state index contributed by atoms with van der Waals surface area (Å²) in [7, 11) is 1.63. The van der Waals surface area contributed by atoms with Crippen molar-refractivity contribution in [2.75, 3.05) is 7.11 Å². The zero-order valence-electron chi connectivity index (χ0n) is 19.6. The Morgan fingerprint density at radius 3 is 2.82 bits per heavy atom. The van der Waals surface area contributed by atoms with E-state index in [1.807, 2.05) is 30.3 Å². The van der Waals surface area contributed by atoms with Crippen LogP contribution in [0.15, 0.2) is 66.3 Å². The van der Waals surface area contributed by atoms with E-state index in [1.54, 1.807) is 18.9 Å². The predicted octanol–water partition coefficient (Wildman–Crippen LogP) is 5.27. The molecule has 0 saturated heterocycles. The van der Waals surface area contributed by atoms with Crippen LogP contribution in [-0.2, 0) is 23.6 Å². The summed E-state index contributed by atoms with van der Waals surface area (Å²) >= 11 is 1.67. The number of para-hydroxylation sites is 1. The van der Waals surface area contributed by atoms with Gasteiger partial charge in [0.25, 0.3) is 0 Å². The van der Waals surface area contributed by atoms with Crippen molar-refractivity contribution in [3.63, 3.8) is 0 Å². The van der Waals surface area contributed by atoms with Gasteiger partial charge in [0.2, 0.25) is 5.91 Å². The van der Waals surface area contributed by atoms with Gasteiger partial charge in [-0.25, -0.2) is 0 Å². The number of hydrogen-bond donors (Lipinski definition) is 1. The minimum atomic E-state index is 0.0107. The number of thioether (sulfide) groups is 1. The van der Waals surface area contributed by atoms with Gasteiger partial charge in [-0.15, -0.1) is 16.8 Å². The Hall–Kier alpha value is -3.06. The second-order valence-corrected chi connectivity index (χ2v) is 8.99. The van der Waals surface area contributed by atoms with Crippen LogP contribution in [0.5, 0.6) is 5.75 Å². The Labute approximate surface area is 200 Å². The Bertz CT molecular complexity index is 1080. The number of nitrogens with one attached hydrogen (secondary N) is 1. The van der Waals surface area contributed by atoms with Gasteiger partial charge in [0.05, 0.1) is 7.11 Å². The van der Waals surface area contributed by atoms with Crippen LogP contribution in [0.25, 0.3) is 0 Å². The molecule has 1 heterocycles. The number of carbonyl (C=O) groups is 1. The smallest absolute Gasteiger partial charge is 0.220 e. The molecule has 3 rings (SSSR count). The highest BCUT2D eigenvalue weighted by molar-refractivity contribution is 7.98. The molecule has 1 atom stereocenters. The fourth-order valence-electron chi connectivity index (χ4n) is 3.63. The second-order valence-electron chi connectivity index (χ2n) is 8.05. The molecule has 33 heavy (non-hydrogen) atoms. The van der Waals surface area contributed by atoms with Crippen LogP contribution >= 0.6 is 11.8 Å². The number of ether oxygens (including phenoxy) is 1. The molecule has 0 aliphatic carbocycles. The molecule has 1 N–H and O–H groups in total. The molecule has 0 radical (unpaired) electrons. The van der Waals surface area contributed by atoms with E-state index in [0.717, 1.165) is 28.0 Å². The summed E-state index contributed by atoms with van der Waals surface area (Å²) in [5, 5.41) is 12.7. The summed E-state index contributed by atoms with van der Waals surface area (Å²) in [4.78, 5) is 12.4. The number of amides is 1. The van der Waals surface area contributed by atoms with Gasteiger partial charge in [-0.2, -0.15) is 0 Å². The maximum Gasteiger partial charge on any atom is 0.220 e. The summed E-state index contributed by atoms with van der Waals surface area (Å²) < 4.78 is 7.45. The Kier molecular flexibility index (Phi) is 9.13. The number of allylic oxidation sites excluding steroid dienone is 1. The van der Waals surface area contributed by atoms with Gasteiger partial charge in [-0.05, 0) is 25.0 Å². The Morgan fingerprint density at radius 1 is 1.24 bits per heavy atom. The average molecular weight is 465 g/mol. The first-order chi connectivity index (χ1) is 16.0. The fourth-order valence-corrected chi connectivity index (χ4v) is 4.53. The molecule has 0 bridgehead atoms. The topological polar surface area (TPSA) is 69.0 Å². The Balaban J connectivity index is 1.56. The summed E-state index contributed by atoms with van der Waals surface area (Å²) in [6.07, 6.45) is 2.97. The van der Waals surface area contributed by atoms with Crippen LogP contribution in [0.4, 0.5) is 0 Å². The molecule has 0 fully saturated rings. The average Bonchev–Trinajstić information content (AvgIpc) is 3.23. The molecular weight excluding hydrogens is 432 g/mol. The molecule has 0 saturated carbocycles. The van der Waals surface area contributed by atoms with E-state index in [1.165, 1.54) is 11.1 Å². The number of rotatable bonds is 12. The van der Waals surface area contributed by atoms with E-state index in [9.17, 15) is 4.79 Å². The van der Waals surface area contributed by atoms with Gasteiger partial charge >= 0.3 is 0 Å². The molecule has 3 aromatic rings. The molecule has 0 aliphatic rings. The molecule has 1 aromatic heterocycles. The van der Waals surface area contributed by atoms with Crippen molar-refractivity contribution < 1.29 is 9.53 Å². The van der Waals surface area contributed by atoms with E-state index in [-0.39, 0.29) is 11.8 Å². The first kappa shape index (κ1) is 24.6. The minimum Gasteiger partial charge on any atom is -0.496 e. The number of aromatic nitrogens is 3. The number of carbonyl (C=O) groups excluding carboxylic acids is 1. The van der Waals surface area contributed by atoms with Crippen LogP contribution in [-0.4, -0.2) is 27.8 Å². The number of hydrogen-bond acceptors (Lipinski definition) is 5. The van der Waals surface area contributed by atoms with Crippen molar-refractivity contribution in [2.24, 2.45) is 0 Å². The van der Waals surface area contributed by atoms with Gasteiger partial charge in [0, 0.05) is 36.7 Å². The third kappa shape index (κ3) is 6.96. The van der Waals surface area contributed by atoms with Crippen LogP contribution < -0.4 is 10.1 Å². The zero-order valence-corrected chi connectivity index (χ0v) is 20.4. The second kappa shape index (κ2) is 12.3. The molecule has 0 aliphatic heterocycles. The van der Waals surface area contributed by atoms with Gasteiger partial charge in [0.1, 0.15) is 11.6 Å². The lowest BCUT2D eigenvalue weighted by Gasteiger charge is -2.14. The summed E-state index contributed by atoms with van der Waals surface area (Å²) in [5.41, 5.74) is 3.47. The largest absolute Gasteiger partial charge is 0.496 e. The third-order valence-electron chi connectivity index (χ3n) is 5.42. The van der Waals surface area contributed by atoms with E-state index in [2.05, 4.69) is 64.8 Å². The standard InChI is InChI=1S/C26H32N4O2S/c1-5-15-30-25(28-29-26(30)33-18-21-10-8-9-19(2)16-21)20(3)13-14-24(31)27-17-22-11-6-7-12-23(22)32-4/h5-12,16,20H,1,13-15,17-18H2,2-4H3,(H,27,31). The first-order valence-electron chi connectivity index (χ1n) is 11.1. The van der Waals surface area contributed by atoms with Crippen LogP contribution in [0, 0.1) is 6.92 Å². The van der Waals surface area contributed by atoms with Crippen LogP contribution in [0.3, 0.4) is 0 Å². The predicted molar refractivity (Wildman–Crippen MR) is 133 cm³/mol. The fraction of sp³-hybridized carbons (Fsp3) is 0.346. The maximum atomic E-state index is 12.4. The van der Waals surface area contributed by atoms with Gasteiger partial charge in [-0.3, -0.25) is 4.79 Å². The van der Waals surface area contributed by atoms with Crippen LogP contribution in [0.1, 0.15) is 48.2 Å². The van der Waals surface area contributed by atoms with E-state index in [4.69, 9.17) is 4.74 Å². The molecule has 2 aromatic carbocycles. The van der Waals surface area contributed by atoms with Gasteiger partial charge in [-0.1, -0.05) is 72.8 Å². The minimum absolute atomic E-state index is 0.0107. The number of aryl methyl sites for hydroxylation is 1. The quantitative estimate of drug-likeness (QED) is 0.292. The highest BCUT2D eigenvalue weighted by atomic mass is 32.2. The third-order valence-corrected chi connectivity index (χ3v) is 6.46. The highest BCUT2D eigenvalue weighted by Crippen LogP contribution is 2.27. The highest BCUT2D eigenvalue weighted by Gasteiger charge is 2.19. The molecule has 174 valence electrons.